The first kappa shape index (κ1) is 15.1. The van der Waals surface area contributed by atoms with E-state index in [1.165, 1.54) is 12.1 Å². The van der Waals surface area contributed by atoms with Crippen molar-refractivity contribution in [2.45, 2.75) is 18.2 Å². The van der Waals surface area contributed by atoms with E-state index in [0.29, 0.717) is 16.2 Å². The molecule has 0 radical (unpaired) electrons. The van der Waals surface area contributed by atoms with Crippen molar-refractivity contribution < 1.29 is 17.3 Å². The molecule has 0 aliphatic heterocycles. The van der Waals surface area contributed by atoms with Crippen molar-refractivity contribution in [2.75, 3.05) is 6.54 Å². The van der Waals surface area contributed by atoms with Crippen LogP contribution in [0.1, 0.15) is 11.7 Å². The summed E-state index contributed by atoms with van der Waals surface area (Å²) in [7, 11) is -3.91. The minimum atomic E-state index is -3.91. The van der Waals surface area contributed by atoms with E-state index in [9.17, 15) is 12.8 Å². The van der Waals surface area contributed by atoms with Crippen LogP contribution in [0.4, 0.5) is 4.39 Å². The van der Waals surface area contributed by atoms with E-state index in [-0.39, 0.29) is 13.0 Å². The zero-order valence-corrected chi connectivity index (χ0v) is 12.8. The molecule has 1 heterocycles. The van der Waals surface area contributed by atoms with E-state index in [1.807, 2.05) is 0 Å². The van der Waals surface area contributed by atoms with Gasteiger partial charge >= 0.3 is 0 Å². The van der Waals surface area contributed by atoms with Crippen LogP contribution in [-0.4, -0.2) is 25.1 Å². The number of aromatic nitrogens is 2. The van der Waals surface area contributed by atoms with Gasteiger partial charge in [0.1, 0.15) is 10.7 Å². The van der Waals surface area contributed by atoms with Gasteiger partial charge in [-0.1, -0.05) is 21.1 Å². The highest BCUT2D eigenvalue weighted by Gasteiger charge is 2.19. The highest BCUT2D eigenvalue weighted by Crippen LogP contribution is 2.19. The minimum absolute atomic E-state index is 0.0411. The quantitative estimate of drug-likeness (QED) is 0.875. The third kappa shape index (κ3) is 3.62. The number of aryl methyl sites for hydroxylation is 1. The van der Waals surface area contributed by atoms with Crippen LogP contribution in [0.15, 0.2) is 32.1 Å². The van der Waals surface area contributed by atoms with E-state index in [0.717, 1.165) is 6.07 Å². The van der Waals surface area contributed by atoms with Gasteiger partial charge in [-0.25, -0.2) is 17.5 Å². The van der Waals surface area contributed by atoms with Crippen LogP contribution >= 0.6 is 15.9 Å². The Morgan fingerprint density at radius 3 is 2.80 bits per heavy atom. The van der Waals surface area contributed by atoms with Crippen LogP contribution in [0.2, 0.25) is 0 Å². The van der Waals surface area contributed by atoms with Gasteiger partial charge in [0.15, 0.2) is 5.82 Å². The predicted octanol–water partition coefficient (Wildman–Crippen LogP) is 1.80. The van der Waals surface area contributed by atoms with Crippen molar-refractivity contribution in [3.05, 3.63) is 40.2 Å². The first-order valence-corrected chi connectivity index (χ1v) is 7.90. The summed E-state index contributed by atoms with van der Waals surface area (Å²) in [6.07, 6.45) is 0.234. The lowest BCUT2D eigenvalue weighted by Crippen LogP contribution is -2.26. The molecule has 1 aromatic carbocycles. The van der Waals surface area contributed by atoms with Gasteiger partial charge in [-0.05, 0) is 25.1 Å². The Bertz CT molecular complexity index is 717. The summed E-state index contributed by atoms with van der Waals surface area (Å²) in [6, 6.07) is 3.74. The van der Waals surface area contributed by atoms with Crippen LogP contribution in [0, 0.1) is 12.7 Å². The molecule has 0 aliphatic rings. The fraction of sp³-hybridized carbons (Fsp3) is 0.273. The van der Waals surface area contributed by atoms with Crippen LogP contribution in [0.25, 0.3) is 0 Å². The number of halogens is 2. The van der Waals surface area contributed by atoms with Gasteiger partial charge in [0, 0.05) is 17.4 Å². The molecule has 0 amide bonds. The fourth-order valence-electron chi connectivity index (χ4n) is 1.50. The molecule has 9 heteroatoms. The largest absolute Gasteiger partial charge is 0.339 e. The third-order valence-electron chi connectivity index (χ3n) is 2.38. The number of nitrogens with zero attached hydrogens (tertiary/aromatic N) is 2. The molecule has 2 rings (SSSR count). The van der Waals surface area contributed by atoms with E-state index in [1.54, 1.807) is 6.92 Å². The Morgan fingerprint density at radius 1 is 1.45 bits per heavy atom. The summed E-state index contributed by atoms with van der Waals surface area (Å²) < 4.78 is 45.1. The van der Waals surface area contributed by atoms with Crippen LogP contribution < -0.4 is 4.72 Å². The Labute approximate surface area is 123 Å². The second-order valence-corrected chi connectivity index (χ2v) is 6.61. The second-order valence-electron chi connectivity index (χ2n) is 3.96. The molecule has 108 valence electrons. The smallest absolute Gasteiger partial charge is 0.243 e. The zero-order valence-electron chi connectivity index (χ0n) is 10.4. The predicted molar refractivity (Wildman–Crippen MR) is 72.0 cm³/mol. The lowest BCUT2D eigenvalue weighted by atomic mass is 10.3. The number of hydrogen-bond acceptors (Lipinski definition) is 5. The van der Waals surface area contributed by atoms with Crippen molar-refractivity contribution in [3.63, 3.8) is 0 Å². The van der Waals surface area contributed by atoms with Gasteiger partial charge in [-0.2, -0.15) is 4.98 Å². The number of rotatable bonds is 5. The first-order chi connectivity index (χ1) is 9.38. The van der Waals surface area contributed by atoms with Gasteiger partial charge in [0.2, 0.25) is 15.9 Å². The van der Waals surface area contributed by atoms with E-state index >= 15 is 0 Å². The molecule has 0 fully saturated rings. The summed E-state index contributed by atoms with van der Waals surface area (Å²) in [5.74, 6) is -0.0243. The van der Waals surface area contributed by atoms with Crippen molar-refractivity contribution in [1.82, 2.24) is 14.9 Å². The zero-order chi connectivity index (χ0) is 14.8. The van der Waals surface area contributed by atoms with Gasteiger partial charge in [-0.15, -0.1) is 0 Å². The number of sulfonamides is 1. The van der Waals surface area contributed by atoms with Crippen molar-refractivity contribution in [1.29, 1.82) is 0 Å². The lowest BCUT2D eigenvalue weighted by Gasteiger charge is -2.06. The molecule has 6 nitrogen and oxygen atoms in total. The number of benzene rings is 1. The second kappa shape index (κ2) is 5.98. The molecule has 0 saturated carbocycles. The van der Waals surface area contributed by atoms with E-state index in [4.69, 9.17) is 4.52 Å². The normalized spacial score (nSPS) is 11.8. The van der Waals surface area contributed by atoms with Crippen LogP contribution in [0.5, 0.6) is 0 Å². The highest BCUT2D eigenvalue weighted by atomic mass is 79.9. The first-order valence-electron chi connectivity index (χ1n) is 5.62. The summed E-state index contributed by atoms with van der Waals surface area (Å²) >= 11 is 3.07. The SMILES string of the molecule is Cc1noc(CCNS(=O)(=O)c2ccc(Br)cc2F)n1. The Kier molecular flexibility index (Phi) is 4.51. The molecule has 0 atom stereocenters. The highest BCUT2D eigenvalue weighted by molar-refractivity contribution is 9.10. The summed E-state index contributed by atoms with van der Waals surface area (Å²) in [5, 5.41) is 3.59. The fourth-order valence-corrected chi connectivity index (χ4v) is 2.93. The molecule has 1 aromatic heterocycles. The average Bonchev–Trinajstić information content (AvgIpc) is 2.74. The Morgan fingerprint density at radius 2 is 2.20 bits per heavy atom. The maximum Gasteiger partial charge on any atom is 0.243 e. The molecule has 20 heavy (non-hydrogen) atoms. The Hall–Kier alpha value is -1.32. The molecule has 0 unspecified atom stereocenters. The monoisotopic (exact) mass is 363 g/mol. The molecule has 0 bridgehead atoms. The summed E-state index contributed by atoms with van der Waals surface area (Å²) in [4.78, 5) is 3.54. The van der Waals surface area contributed by atoms with Gasteiger partial charge < -0.3 is 4.52 Å². The summed E-state index contributed by atoms with van der Waals surface area (Å²) in [5.41, 5.74) is 0. The van der Waals surface area contributed by atoms with Crippen LogP contribution in [-0.2, 0) is 16.4 Å². The average molecular weight is 364 g/mol. The molecule has 0 saturated heterocycles. The maximum absolute atomic E-state index is 13.6. The lowest BCUT2D eigenvalue weighted by molar-refractivity contribution is 0.375. The third-order valence-corrected chi connectivity index (χ3v) is 4.37. The van der Waals surface area contributed by atoms with Gasteiger partial charge in [0.25, 0.3) is 0 Å². The molecule has 2 aromatic rings. The van der Waals surface area contributed by atoms with Crippen molar-refractivity contribution in [3.8, 4) is 0 Å². The molecular weight excluding hydrogens is 353 g/mol. The minimum Gasteiger partial charge on any atom is -0.339 e. The topological polar surface area (TPSA) is 85.1 Å². The van der Waals surface area contributed by atoms with Crippen LogP contribution in [0.3, 0.4) is 0 Å². The molecule has 0 aliphatic carbocycles. The van der Waals surface area contributed by atoms with E-state index < -0.39 is 20.7 Å². The van der Waals surface area contributed by atoms with Gasteiger partial charge in [0.05, 0.1) is 0 Å². The van der Waals surface area contributed by atoms with Crippen molar-refractivity contribution >= 4 is 26.0 Å². The van der Waals surface area contributed by atoms with E-state index in [2.05, 4.69) is 30.8 Å². The molecular formula is C11H11BrFN3O3S. The maximum atomic E-state index is 13.6. The number of nitrogens with one attached hydrogen (secondary N) is 1. The molecule has 1 N–H and O–H groups in total. The Balaban J connectivity index is 2.04. The van der Waals surface area contributed by atoms with Gasteiger partial charge in [-0.3, -0.25) is 0 Å². The van der Waals surface area contributed by atoms with Crippen molar-refractivity contribution in [2.24, 2.45) is 0 Å². The number of hydrogen-bond donors (Lipinski definition) is 1. The standard InChI is InChI=1S/C11H11BrFN3O3S/c1-7-15-11(19-16-7)4-5-14-20(17,18)10-3-2-8(12)6-9(10)13/h2-3,6,14H,4-5H2,1H3. The summed E-state index contributed by atoms with van der Waals surface area (Å²) in [6.45, 7) is 1.70. The molecule has 0 spiro atoms.